The van der Waals surface area contributed by atoms with Gasteiger partial charge in [0.2, 0.25) is 5.69 Å². The second kappa shape index (κ2) is 4.73. The van der Waals surface area contributed by atoms with Crippen LogP contribution in [0.5, 0.6) is 0 Å². The van der Waals surface area contributed by atoms with Crippen molar-refractivity contribution in [3.8, 4) is 11.4 Å². The van der Waals surface area contributed by atoms with Crippen molar-refractivity contribution in [3.63, 3.8) is 0 Å². The molecule has 2 aromatic heterocycles. The number of nitrogens with zero attached hydrogens (tertiary/aromatic N) is 3. The van der Waals surface area contributed by atoms with Crippen molar-refractivity contribution in [2.75, 3.05) is 0 Å². The van der Waals surface area contributed by atoms with Gasteiger partial charge in [-0.1, -0.05) is 0 Å². The fraction of sp³-hybridized carbons (Fsp3) is 0.267. The smallest absolute Gasteiger partial charge is 0.283 e. The van der Waals surface area contributed by atoms with Crippen LogP contribution < -0.4 is 10.3 Å². The lowest BCUT2D eigenvalue weighted by Gasteiger charge is -2.04. The van der Waals surface area contributed by atoms with Crippen molar-refractivity contribution in [1.29, 1.82) is 0 Å². The zero-order chi connectivity index (χ0) is 15.1. The highest BCUT2D eigenvalue weighted by Gasteiger charge is 2.18. The second-order valence-electron chi connectivity index (χ2n) is 5.13. The third-order valence-corrected chi connectivity index (χ3v) is 3.87. The lowest BCUT2D eigenvalue weighted by molar-refractivity contribution is -0.676. The van der Waals surface area contributed by atoms with E-state index in [1.165, 1.54) is 5.56 Å². The molecule has 21 heavy (non-hydrogen) atoms. The highest BCUT2D eigenvalue weighted by atomic mass is 16.5. The molecule has 0 bridgehead atoms. The molecule has 3 rings (SSSR count). The van der Waals surface area contributed by atoms with Gasteiger partial charge in [-0.2, -0.15) is 5.10 Å². The van der Waals surface area contributed by atoms with Gasteiger partial charge in [0.15, 0.2) is 0 Å². The van der Waals surface area contributed by atoms with Crippen LogP contribution in [0, 0.1) is 27.7 Å². The van der Waals surface area contributed by atoms with Crippen LogP contribution in [0.25, 0.3) is 11.4 Å². The predicted molar refractivity (Wildman–Crippen MR) is 76.9 cm³/mol. The van der Waals surface area contributed by atoms with Gasteiger partial charge >= 0.3 is 5.63 Å². The van der Waals surface area contributed by atoms with Crippen molar-refractivity contribution in [3.05, 3.63) is 57.3 Å². The van der Waals surface area contributed by atoms with Crippen molar-refractivity contribution in [2.24, 2.45) is 0 Å². The number of nitrogens with one attached hydrogen (secondary N) is 1. The summed E-state index contributed by atoms with van der Waals surface area (Å²) in [5, 5.41) is 7.12. The fourth-order valence-electron chi connectivity index (χ4n) is 2.28. The molecular formula is C15H17N4O2+. The average molecular weight is 285 g/mol. The summed E-state index contributed by atoms with van der Waals surface area (Å²) < 4.78 is 8.30. The standard InChI is InChI=1S/C15H16N4O2/c1-9-10(2)16-18(11(9)3)13-5-7-14(8-6-13)19-12(4)15(20)21-17-19/h5-8H,1-4H3/p+1. The maximum atomic E-state index is 11.4. The molecule has 0 unspecified atom stereocenters. The predicted octanol–water partition coefficient (Wildman–Crippen LogP) is 1.66. The summed E-state index contributed by atoms with van der Waals surface area (Å²) in [5.41, 5.74) is 5.31. The zero-order valence-electron chi connectivity index (χ0n) is 12.5. The second-order valence-corrected chi connectivity index (χ2v) is 5.13. The average Bonchev–Trinajstić information content (AvgIpc) is 2.95. The van der Waals surface area contributed by atoms with Crippen LogP contribution in [0.3, 0.4) is 0 Å². The summed E-state index contributed by atoms with van der Waals surface area (Å²) in [7, 11) is 0. The first kappa shape index (κ1) is 13.4. The minimum Gasteiger partial charge on any atom is -0.283 e. The summed E-state index contributed by atoms with van der Waals surface area (Å²) in [6.45, 7) is 7.83. The Hall–Kier alpha value is -2.63. The highest BCUT2D eigenvalue weighted by Crippen LogP contribution is 2.17. The third kappa shape index (κ3) is 2.08. The topological polar surface area (TPSA) is 67.7 Å². The van der Waals surface area contributed by atoms with Gasteiger partial charge < -0.3 is 0 Å². The van der Waals surface area contributed by atoms with Gasteiger partial charge in [-0.25, -0.2) is 9.48 Å². The molecule has 108 valence electrons. The van der Waals surface area contributed by atoms with E-state index < -0.39 is 0 Å². The molecule has 0 saturated carbocycles. The first-order valence-corrected chi connectivity index (χ1v) is 6.73. The minimum absolute atomic E-state index is 0.367. The van der Waals surface area contributed by atoms with Gasteiger partial charge in [0.05, 0.1) is 11.4 Å². The molecule has 0 radical (unpaired) electrons. The van der Waals surface area contributed by atoms with Crippen LogP contribution in [0.15, 0.2) is 33.6 Å². The number of aromatic nitrogens is 4. The Morgan fingerprint density at radius 2 is 1.81 bits per heavy atom. The Morgan fingerprint density at radius 3 is 2.29 bits per heavy atom. The van der Waals surface area contributed by atoms with Gasteiger partial charge in [-0.15, -0.1) is 0 Å². The Morgan fingerprint density at radius 1 is 1.14 bits per heavy atom. The molecule has 6 heteroatoms. The third-order valence-electron chi connectivity index (χ3n) is 3.87. The van der Waals surface area contributed by atoms with E-state index >= 15 is 0 Å². The van der Waals surface area contributed by atoms with Crippen LogP contribution in [0.4, 0.5) is 0 Å². The van der Waals surface area contributed by atoms with Gasteiger partial charge in [0.25, 0.3) is 5.69 Å². The van der Waals surface area contributed by atoms with Gasteiger partial charge in [-0.05, 0) is 48.4 Å². The van der Waals surface area contributed by atoms with E-state index in [-0.39, 0.29) is 5.63 Å². The molecule has 0 fully saturated rings. The van der Waals surface area contributed by atoms with Crippen LogP contribution in [-0.4, -0.2) is 15.1 Å². The number of hydrogen-bond acceptors (Lipinski definition) is 3. The Labute approximate surface area is 121 Å². The van der Waals surface area contributed by atoms with E-state index in [0.717, 1.165) is 22.8 Å². The normalized spacial score (nSPS) is 11.0. The summed E-state index contributed by atoms with van der Waals surface area (Å²) >= 11 is 0. The van der Waals surface area contributed by atoms with Crippen molar-refractivity contribution < 1.29 is 9.20 Å². The Bertz CT molecular complexity index is 853. The first-order valence-electron chi connectivity index (χ1n) is 6.73. The van der Waals surface area contributed by atoms with E-state index in [1.807, 2.05) is 35.9 Å². The maximum Gasteiger partial charge on any atom is 0.430 e. The molecule has 0 aliphatic carbocycles. The van der Waals surface area contributed by atoms with E-state index in [0.29, 0.717) is 5.69 Å². The van der Waals surface area contributed by atoms with Crippen LogP contribution in [0.1, 0.15) is 22.6 Å². The van der Waals surface area contributed by atoms with Crippen LogP contribution >= 0.6 is 0 Å². The molecule has 3 aromatic rings. The van der Waals surface area contributed by atoms with Gasteiger partial charge in [0.1, 0.15) is 0 Å². The number of aryl methyl sites for hydroxylation is 1. The monoisotopic (exact) mass is 285 g/mol. The van der Waals surface area contributed by atoms with Crippen molar-refractivity contribution >= 4 is 0 Å². The van der Waals surface area contributed by atoms with E-state index in [2.05, 4.69) is 24.2 Å². The number of H-pyrrole nitrogens is 1. The minimum atomic E-state index is -0.367. The summed E-state index contributed by atoms with van der Waals surface area (Å²) in [6, 6.07) is 7.76. The Kier molecular flexibility index (Phi) is 3.01. The highest BCUT2D eigenvalue weighted by molar-refractivity contribution is 5.40. The SMILES string of the molecule is Cc1nn(-c2ccc(-[n+]3[nH]oc(=O)c3C)cc2)c(C)c1C. The lowest BCUT2D eigenvalue weighted by Crippen LogP contribution is -2.36. The quantitative estimate of drug-likeness (QED) is 0.728. The molecule has 1 aromatic carbocycles. The lowest BCUT2D eigenvalue weighted by atomic mass is 10.2. The molecule has 2 heterocycles. The Balaban J connectivity index is 2.03. The van der Waals surface area contributed by atoms with Crippen molar-refractivity contribution in [2.45, 2.75) is 27.7 Å². The molecule has 6 nitrogen and oxygen atoms in total. The summed E-state index contributed by atoms with van der Waals surface area (Å²) in [6.07, 6.45) is 0. The number of hydrogen-bond donors (Lipinski definition) is 1. The van der Waals surface area contributed by atoms with Crippen LogP contribution in [0.2, 0.25) is 0 Å². The molecule has 0 spiro atoms. The molecule has 0 aliphatic heterocycles. The summed E-state index contributed by atoms with van der Waals surface area (Å²) in [4.78, 5) is 11.4. The fourth-order valence-corrected chi connectivity index (χ4v) is 2.28. The number of rotatable bonds is 2. The molecule has 0 aliphatic rings. The molecule has 0 atom stereocenters. The first-order chi connectivity index (χ1) is 9.99. The molecular weight excluding hydrogens is 268 g/mol. The van der Waals surface area contributed by atoms with Crippen LogP contribution in [-0.2, 0) is 0 Å². The van der Waals surface area contributed by atoms with Crippen molar-refractivity contribution in [1.82, 2.24) is 15.1 Å². The maximum absolute atomic E-state index is 11.4. The van der Waals surface area contributed by atoms with E-state index in [9.17, 15) is 4.79 Å². The summed E-state index contributed by atoms with van der Waals surface area (Å²) in [5.74, 6) is 0. The zero-order valence-corrected chi connectivity index (χ0v) is 12.5. The van der Waals surface area contributed by atoms with Gasteiger partial charge in [0, 0.05) is 24.8 Å². The molecule has 1 N–H and O–H groups in total. The van der Waals surface area contributed by atoms with E-state index in [1.54, 1.807) is 11.6 Å². The number of benzene rings is 1. The van der Waals surface area contributed by atoms with Gasteiger partial charge in [-0.3, -0.25) is 4.52 Å². The largest absolute Gasteiger partial charge is 0.430 e. The molecule has 0 amide bonds. The number of aromatic amines is 1. The molecule has 0 saturated heterocycles. The van der Waals surface area contributed by atoms with E-state index in [4.69, 9.17) is 4.52 Å².